The Bertz CT molecular complexity index is 1200. The summed E-state index contributed by atoms with van der Waals surface area (Å²) in [5.74, 6) is 2.12. The molecule has 3 aliphatic heterocycles. The fourth-order valence-corrected chi connectivity index (χ4v) is 5.63. The fourth-order valence-electron chi connectivity index (χ4n) is 5.63. The summed E-state index contributed by atoms with van der Waals surface area (Å²) in [6, 6.07) is 7.57. The van der Waals surface area contributed by atoms with Crippen molar-refractivity contribution in [2.45, 2.75) is 44.8 Å². The van der Waals surface area contributed by atoms with Crippen LogP contribution in [0.25, 0.3) is 16.7 Å². The van der Waals surface area contributed by atoms with Crippen molar-refractivity contribution in [1.82, 2.24) is 24.6 Å². The second kappa shape index (κ2) is 9.37. The number of aryl methyl sites for hydroxylation is 1. The Balaban J connectivity index is 1.32. The molecule has 0 saturated carbocycles. The number of aromatic nitrogens is 4. The van der Waals surface area contributed by atoms with Crippen LogP contribution in [0.4, 0.5) is 5.82 Å². The lowest BCUT2D eigenvalue weighted by molar-refractivity contribution is -0.0712. The third-order valence-electron chi connectivity index (χ3n) is 7.71. The number of ether oxygens (including phenoxy) is 3. The number of fused-ring (bicyclic) bond motifs is 1. The number of methoxy groups -OCH3 is 1. The number of hydrogen-bond acceptors (Lipinski definition) is 8. The van der Waals surface area contributed by atoms with Gasteiger partial charge in [0.25, 0.3) is 0 Å². The Morgan fingerprint density at radius 2 is 1.83 bits per heavy atom. The molecular weight excluding hydrogens is 444 g/mol. The first-order chi connectivity index (χ1) is 17.1. The van der Waals surface area contributed by atoms with E-state index >= 15 is 0 Å². The normalized spacial score (nSPS) is 22.5. The van der Waals surface area contributed by atoms with E-state index in [9.17, 15) is 0 Å². The molecule has 0 N–H and O–H groups in total. The molecule has 0 radical (unpaired) electrons. The molecule has 186 valence electrons. The van der Waals surface area contributed by atoms with Crippen molar-refractivity contribution in [3.8, 4) is 11.8 Å². The molecule has 0 amide bonds. The second-order valence-corrected chi connectivity index (χ2v) is 10.0. The average Bonchev–Trinajstić information content (AvgIpc) is 3.25. The number of benzene rings is 1. The molecule has 2 aromatic heterocycles. The first kappa shape index (κ1) is 22.7. The summed E-state index contributed by atoms with van der Waals surface area (Å²) in [5.41, 5.74) is 3.83. The number of piperidine rings is 1. The Kier molecular flexibility index (Phi) is 6.07. The van der Waals surface area contributed by atoms with E-state index in [1.807, 2.05) is 16.9 Å². The first-order valence-corrected chi connectivity index (χ1v) is 12.7. The Morgan fingerprint density at radius 3 is 2.54 bits per heavy atom. The fraction of sp³-hybridized carbons (Fsp3) is 0.577. The van der Waals surface area contributed by atoms with Gasteiger partial charge < -0.3 is 19.1 Å². The molecule has 3 aromatic rings. The number of morpholine rings is 1. The second-order valence-electron chi connectivity index (χ2n) is 10.0. The monoisotopic (exact) mass is 478 g/mol. The number of rotatable bonds is 5. The zero-order chi connectivity index (χ0) is 23.9. The number of nitrogens with zero attached hydrogens (tertiary/aromatic N) is 6. The van der Waals surface area contributed by atoms with Crippen molar-refractivity contribution >= 4 is 16.7 Å². The topological polar surface area (TPSA) is 77.8 Å². The van der Waals surface area contributed by atoms with Gasteiger partial charge in [-0.25, -0.2) is 4.68 Å². The summed E-state index contributed by atoms with van der Waals surface area (Å²) in [6.45, 7) is 10.6. The molecule has 1 aromatic carbocycles. The van der Waals surface area contributed by atoms with Gasteiger partial charge in [0, 0.05) is 24.5 Å². The van der Waals surface area contributed by atoms with Crippen LogP contribution in [0.3, 0.4) is 0 Å². The van der Waals surface area contributed by atoms with E-state index in [1.165, 1.54) is 24.0 Å². The minimum atomic E-state index is 0.160. The van der Waals surface area contributed by atoms with Gasteiger partial charge in [-0.3, -0.25) is 4.90 Å². The maximum Gasteiger partial charge on any atom is 0.320 e. The lowest BCUT2D eigenvalue weighted by atomic mass is 9.85. The molecule has 0 aliphatic carbocycles. The summed E-state index contributed by atoms with van der Waals surface area (Å²) in [6.07, 6.45) is 4.44. The highest BCUT2D eigenvalue weighted by atomic mass is 16.5. The lowest BCUT2D eigenvalue weighted by Gasteiger charge is -2.41. The molecule has 3 aliphatic rings. The van der Waals surface area contributed by atoms with Crippen LogP contribution in [-0.4, -0.2) is 89.9 Å². The maximum atomic E-state index is 5.71. The predicted octanol–water partition coefficient (Wildman–Crippen LogP) is 2.94. The number of likely N-dealkylation sites (tertiary alicyclic amines) is 1. The van der Waals surface area contributed by atoms with Crippen LogP contribution in [0.15, 0.2) is 24.4 Å². The van der Waals surface area contributed by atoms with Crippen LogP contribution in [0.5, 0.6) is 6.01 Å². The summed E-state index contributed by atoms with van der Waals surface area (Å²) in [4.78, 5) is 14.1. The summed E-state index contributed by atoms with van der Waals surface area (Å²) in [5, 5.41) is 5.85. The molecule has 3 fully saturated rings. The van der Waals surface area contributed by atoms with Crippen LogP contribution in [-0.2, 0) is 9.47 Å². The van der Waals surface area contributed by atoms with Gasteiger partial charge in [0.2, 0.25) is 0 Å². The van der Waals surface area contributed by atoms with Gasteiger partial charge in [0.05, 0.1) is 50.8 Å². The minimum Gasteiger partial charge on any atom is -0.467 e. The standard InChI is InChI=1S/C26H34N6O3/c1-17-10-20-13-27-32(23(20)11-22(17)19-4-6-30(7-5-19)21-15-34-16-21)25-12-24(28-26(29-25)33-3)31-8-9-35-18(2)14-31/h10-13,18-19,21H,4-9,14-16H2,1-3H3/t18-/m1/s1. The number of hydrogen-bond donors (Lipinski definition) is 0. The molecule has 3 saturated heterocycles. The molecule has 1 atom stereocenters. The van der Waals surface area contributed by atoms with E-state index in [4.69, 9.17) is 19.3 Å². The largest absolute Gasteiger partial charge is 0.467 e. The molecule has 9 nitrogen and oxygen atoms in total. The smallest absolute Gasteiger partial charge is 0.320 e. The van der Waals surface area contributed by atoms with Gasteiger partial charge in [-0.05, 0) is 69.0 Å². The zero-order valence-electron chi connectivity index (χ0n) is 20.8. The molecule has 0 bridgehead atoms. The third-order valence-corrected chi connectivity index (χ3v) is 7.71. The van der Waals surface area contributed by atoms with Crippen LogP contribution in [0.2, 0.25) is 0 Å². The number of anilines is 1. The van der Waals surface area contributed by atoms with Crippen molar-refractivity contribution in [3.63, 3.8) is 0 Å². The van der Waals surface area contributed by atoms with Gasteiger partial charge in [0.1, 0.15) is 5.82 Å². The average molecular weight is 479 g/mol. The van der Waals surface area contributed by atoms with Gasteiger partial charge in [-0.2, -0.15) is 15.1 Å². The predicted molar refractivity (Wildman–Crippen MR) is 134 cm³/mol. The summed E-state index contributed by atoms with van der Waals surface area (Å²) >= 11 is 0. The molecule has 0 spiro atoms. The lowest BCUT2D eigenvalue weighted by Crippen LogP contribution is -2.51. The van der Waals surface area contributed by atoms with Crippen molar-refractivity contribution in [2.24, 2.45) is 0 Å². The Morgan fingerprint density at radius 1 is 1.03 bits per heavy atom. The van der Waals surface area contributed by atoms with Gasteiger partial charge in [-0.1, -0.05) is 0 Å². The van der Waals surface area contributed by atoms with Crippen LogP contribution < -0.4 is 9.64 Å². The van der Waals surface area contributed by atoms with Gasteiger partial charge in [-0.15, -0.1) is 0 Å². The summed E-state index contributed by atoms with van der Waals surface area (Å²) < 4.78 is 18.5. The van der Waals surface area contributed by atoms with Gasteiger partial charge in [0.15, 0.2) is 5.82 Å². The minimum absolute atomic E-state index is 0.160. The SMILES string of the molecule is COc1nc(N2CCO[C@H](C)C2)cc(-n2ncc3cc(C)c(C4CCN(C5COC5)CC4)cc32)n1. The Hall–Kier alpha value is -2.75. The Labute approximate surface area is 206 Å². The highest BCUT2D eigenvalue weighted by molar-refractivity contribution is 5.82. The van der Waals surface area contributed by atoms with E-state index < -0.39 is 0 Å². The quantitative estimate of drug-likeness (QED) is 0.554. The van der Waals surface area contributed by atoms with E-state index in [0.29, 0.717) is 24.6 Å². The van der Waals surface area contributed by atoms with Crippen molar-refractivity contribution in [2.75, 3.05) is 58.0 Å². The summed E-state index contributed by atoms with van der Waals surface area (Å²) in [7, 11) is 1.61. The van der Waals surface area contributed by atoms with E-state index in [1.54, 1.807) is 7.11 Å². The van der Waals surface area contributed by atoms with Crippen molar-refractivity contribution in [1.29, 1.82) is 0 Å². The van der Waals surface area contributed by atoms with Crippen LogP contribution in [0.1, 0.15) is 36.8 Å². The van der Waals surface area contributed by atoms with E-state index in [-0.39, 0.29) is 6.10 Å². The van der Waals surface area contributed by atoms with Crippen molar-refractivity contribution < 1.29 is 14.2 Å². The molecule has 35 heavy (non-hydrogen) atoms. The molecule has 9 heteroatoms. The van der Waals surface area contributed by atoms with E-state index in [2.05, 4.69) is 45.7 Å². The van der Waals surface area contributed by atoms with Crippen LogP contribution >= 0.6 is 0 Å². The van der Waals surface area contributed by atoms with Crippen molar-refractivity contribution in [3.05, 3.63) is 35.5 Å². The molecule has 5 heterocycles. The zero-order valence-corrected chi connectivity index (χ0v) is 20.8. The molecule has 6 rings (SSSR count). The maximum absolute atomic E-state index is 5.71. The first-order valence-electron chi connectivity index (χ1n) is 12.7. The third kappa shape index (κ3) is 4.37. The highest BCUT2D eigenvalue weighted by Gasteiger charge is 2.31. The highest BCUT2D eigenvalue weighted by Crippen LogP contribution is 2.34. The molecule has 0 unspecified atom stereocenters. The van der Waals surface area contributed by atoms with Gasteiger partial charge >= 0.3 is 6.01 Å². The van der Waals surface area contributed by atoms with E-state index in [0.717, 1.165) is 61.9 Å². The van der Waals surface area contributed by atoms with Crippen LogP contribution in [0, 0.1) is 6.92 Å². The molecular formula is C26H34N6O3.